The van der Waals surface area contributed by atoms with Crippen LogP contribution >= 0.6 is 0 Å². The van der Waals surface area contributed by atoms with Gasteiger partial charge in [0.15, 0.2) is 0 Å². The van der Waals surface area contributed by atoms with Crippen LogP contribution in [0.25, 0.3) is 0 Å². The standard InChI is InChI=1S/C24H30O5.CH4.Na/c1-3-4-7-15(2)19(25)13-12-17-20(26)14-21-23(17)18-10-5-8-16(24(18)29-21)9-6-11-22(27)28;;/h5,8,10,12-13,15,17,19-21,23,25-26H,6-7,9,11,14H2,1-2H3,(H,27,28);1H4;/q;;+1/p-1/b13-12+;;/t15?,17-,19+,20+,21-,23-;;/m0../s1. The smallest absolute Gasteiger partial charge is 0.550 e. The Balaban J connectivity index is 0.00000240. The Morgan fingerprint density at radius 1 is 1.42 bits per heavy atom. The molecule has 0 aromatic heterocycles. The van der Waals surface area contributed by atoms with E-state index in [2.05, 4.69) is 11.8 Å². The van der Waals surface area contributed by atoms with Crippen LogP contribution in [0.15, 0.2) is 30.4 Å². The van der Waals surface area contributed by atoms with Gasteiger partial charge >= 0.3 is 29.6 Å². The summed E-state index contributed by atoms with van der Waals surface area (Å²) < 4.78 is 6.19. The fraction of sp³-hybridized carbons (Fsp3) is 0.560. The number of para-hydroxylation sites is 1. The van der Waals surface area contributed by atoms with Gasteiger partial charge in [-0.05, 0) is 37.7 Å². The molecule has 1 heterocycles. The van der Waals surface area contributed by atoms with Crippen LogP contribution in [0.5, 0.6) is 5.75 Å². The number of rotatable bonds is 8. The van der Waals surface area contributed by atoms with Crippen LogP contribution in [-0.2, 0) is 11.2 Å². The van der Waals surface area contributed by atoms with E-state index in [0.717, 1.165) is 16.9 Å². The largest absolute Gasteiger partial charge is 1.00 e. The number of carboxylic acids is 1. The molecule has 1 saturated carbocycles. The minimum Gasteiger partial charge on any atom is -0.550 e. The van der Waals surface area contributed by atoms with E-state index in [0.29, 0.717) is 25.7 Å². The average molecular weight is 437 g/mol. The van der Waals surface area contributed by atoms with Crippen molar-refractivity contribution in [3.63, 3.8) is 0 Å². The molecule has 2 aliphatic rings. The molecule has 0 saturated heterocycles. The molecular weight excluding hydrogens is 403 g/mol. The molecule has 1 aliphatic carbocycles. The van der Waals surface area contributed by atoms with Crippen molar-refractivity contribution in [2.75, 3.05) is 0 Å². The maximum atomic E-state index is 10.7. The summed E-state index contributed by atoms with van der Waals surface area (Å²) in [7, 11) is 0. The molecule has 164 valence electrons. The Bertz CT molecular complexity index is 825. The van der Waals surface area contributed by atoms with Crippen molar-refractivity contribution in [1.29, 1.82) is 0 Å². The third-order valence-corrected chi connectivity index (χ3v) is 6.03. The number of hydrogen-bond acceptors (Lipinski definition) is 5. The molecule has 0 amide bonds. The second kappa shape index (κ2) is 12.7. The summed E-state index contributed by atoms with van der Waals surface area (Å²) in [5.74, 6) is 5.56. The molecule has 2 N–H and O–H groups in total. The fourth-order valence-corrected chi connectivity index (χ4v) is 4.40. The van der Waals surface area contributed by atoms with Gasteiger partial charge in [-0.15, -0.1) is 11.8 Å². The van der Waals surface area contributed by atoms with Crippen molar-refractivity contribution in [2.45, 2.75) is 77.6 Å². The van der Waals surface area contributed by atoms with E-state index in [4.69, 9.17) is 4.74 Å². The number of fused-ring (bicyclic) bond motifs is 3. The zero-order valence-corrected chi connectivity index (χ0v) is 20.0. The second-order valence-corrected chi connectivity index (χ2v) is 8.11. The van der Waals surface area contributed by atoms with Crippen LogP contribution in [0.3, 0.4) is 0 Å². The van der Waals surface area contributed by atoms with E-state index in [1.807, 2.05) is 31.2 Å². The van der Waals surface area contributed by atoms with Gasteiger partial charge in [-0.25, -0.2) is 0 Å². The van der Waals surface area contributed by atoms with E-state index < -0.39 is 18.2 Å². The molecule has 1 aliphatic heterocycles. The molecule has 6 heteroatoms. The number of aliphatic hydroxyl groups is 2. The van der Waals surface area contributed by atoms with E-state index in [-0.39, 0.29) is 67.3 Å². The summed E-state index contributed by atoms with van der Waals surface area (Å²) >= 11 is 0. The Morgan fingerprint density at radius 3 is 2.84 bits per heavy atom. The van der Waals surface area contributed by atoms with Crippen molar-refractivity contribution in [1.82, 2.24) is 0 Å². The van der Waals surface area contributed by atoms with Gasteiger partial charge in [0.2, 0.25) is 0 Å². The normalized spacial score (nSPS) is 25.2. The van der Waals surface area contributed by atoms with Gasteiger partial charge in [0.05, 0.1) is 12.2 Å². The zero-order chi connectivity index (χ0) is 21.0. The topological polar surface area (TPSA) is 89.8 Å². The average Bonchev–Trinajstić information content (AvgIpc) is 3.19. The van der Waals surface area contributed by atoms with Crippen molar-refractivity contribution in [3.05, 3.63) is 41.5 Å². The minimum absolute atomic E-state index is 0. The molecular formula is C25H33NaO5. The molecule has 1 fully saturated rings. The Labute approximate surface area is 208 Å². The second-order valence-electron chi connectivity index (χ2n) is 8.11. The zero-order valence-electron chi connectivity index (χ0n) is 18.0. The number of benzene rings is 1. The first-order chi connectivity index (χ1) is 13.9. The maximum Gasteiger partial charge on any atom is 1.00 e. The van der Waals surface area contributed by atoms with Crippen LogP contribution in [-0.4, -0.2) is 34.5 Å². The number of ether oxygens (including phenoxy) is 1. The molecule has 6 atom stereocenters. The molecule has 1 aromatic rings. The van der Waals surface area contributed by atoms with Gasteiger partial charge in [0.25, 0.3) is 0 Å². The SMILES string of the molecule is C.CC#CCC(C)[C@H](O)/C=C/[C@@H]1[C@H]2c3cccc(CCCC(=O)[O-])c3O[C@H]2C[C@H]1O.[Na+]. The summed E-state index contributed by atoms with van der Waals surface area (Å²) in [4.78, 5) is 10.7. The first kappa shape index (κ1) is 27.7. The Morgan fingerprint density at radius 2 is 2.16 bits per heavy atom. The van der Waals surface area contributed by atoms with Gasteiger partial charge in [-0.2, -0.15) is 0 Å². The summed E-state index contributed by atoms with van der Waals surface area (Å²) in [6.07, 6.45) is 4.80. The molecule has 0 radical (unpaired) electrons. The van der Waals surface area contributed by atoms with Crippen molar-refractivity contribution in [3.8, 4) is 17.6 Å². The first-order valence-electron chi connectivity index (χ1n) is 10.3. The maximum absolute atomic E-state index is 10.7. The van der Waals surface area contributed by atoms with E-state index in [9.17, 15) is 20.1 Å². The fourth-order valence-electron chi connectivity index (χ4n) is 4.40. The number of carboxylic acid groups (broad SMARTS) is 1. The van der Waals surface area contributed by atoms with Gasteiger partial charge < -0.3 is 24.9 Å². The van der Waals surface area contributed by atoms with E-state index >= 15 is 0 Å². The van der Waals surface area contributed by atoms with Crippen LogP contribution in [0.4, 0.5) is 0 Å². The first-order valence-corrected chi connectivity index (χ1v) is 10.3. The van der Waals surface area contributed by atoms with Gasteiger partial charge in [0, 0.05) is 36.2 Å². The third kappa shape index (κ3) is 6.60. The summed E-state index contributed by atoms with van der Waals surface area (Å²) in [6.45, 7) is 3.74. The number of aliphatic carboxylic acids is 1. The quantitative estimate of drug-likeness (QED) is 0.329. The number of aliphatic hydroxyl groups excluding tert-OH is 2. The Kier molecular flexibility index (Phi) is 11.3. The predicted octanol–water partition coefficient (Wildman–Crippen LogP) is -0.409. The van der Waals surface area contributed by atoms with Gasteiger partial charge in [0.1, 0.15) is 11.9 Å². The number of carbonyl (C=O) groups is 1. The summed E-state index contributed by atoms with van der Waals surface area (Å²) in [6, 6.07) is 5.96. The number of aryl methyl sites for hydroxylation is 1. The van der Waals surface area contributed by atoms with Crippen LogP contribution in [0.2, 0.25) is 0 Å². The third-order valence-electron chi connectivity index (χ3n) is 6.03. The molecule has 1 aromatic carbocycles. The number of carbonyl (C=O) groups excluding carboxylic acids is 1. The molecule has 3 rings (SSSR count). The minimum atomic E-state index is -1.04. The molecule has 5 nitrogen and oxygen atoms in total. The van der Waals surface area contributed by atoms with Crippen LogP contribution in [0.1, 0.15) is 64.0 Å². The van der Waals surface area contributed by atoms with E-state index in [1.165, 1.54) is 0 Å². The van der Waals surface area contributed by atoms with Crippen molar-refractivity contribution in [2.24, 2.45) is 11.8 Å². The number of hydrogen-bond donors (Lipinski definition) is 2. The molecule has 1 unspecified atom stereocenters. The Hall–Kier alpha value is -1.29. The molecule has 0 spiro atoms. The monoisotopic (exact) mass is 436 g/mol. The summed E-state index contributed by atoms with van der Waals surface area (Å²) in [5, 5.41) is 31.7. The molecule has 31 heavy (non-hydrogen) atoms. The van der Waals surface area contributed by atoms with Gasteiger partial charge in [-0.1, -0.05) is 44.7 Å². The van der Waals surface area contributed by atoms with Crippen molar-refractivity contribution < 1.29 is 54.4 Å². The predicted molar refractivity (Wildman–Crippen MR) is 115 cm³/mol. The van der Waals surface area contributed by atoms with Crippen LogP contribution in [0, 0.1) is 23.7 Å². The summed E-state index contributed by atoms with van der Waals surface area (Å²) in [5.41, 5.74) is 2.06. The van der Waals surface area contributed by atoms with Crippen LogP contribution < -0.4 is 39.4 Å². The molecule has 0 bridgehead atoms. The van der Waals surface area contributed by atoms with E-state index in [1.54, 1.807) is 13.0 Å². The van der Waals surface area contributed by atoms with Crippen molar-refractivity contribution >= 4 is 5.97 Å². The van der Waals surface area contributed by atoms with Gasteiger partial charge in [-0.3, -0.25) is 0 Å².